The Morgan fingerprint density at radius 3 is 2.67 bits per heavy atom. The van der Waals surface area contributed by atoms with E-state index in [4.69, 9.17) is 4.74 Å². The number of anilines is 1. The number of hydrogen-bond acceptors (Lipinski definition) is 4. The van der Waals surface area contributed by atoms with Crippen molar-refractivity contribution in [3.8, 4) is 5.75 Å². The Labute approximate surface area is 173 Å². The number of ether oxygens (including phenoxy) is 1. The summed E-state index contributed by atoms with van der Waals surface area (Å²) in [5.41, 5.74) is 1.12. The predicted octanol–water partition coefficient (Wildman–Crippen LogP) is 4.22. The maximum absolute atomic E-state index is 13.7. The molecule has 1 saturated carbocycles. The molecule has 0 unspecified atom stereocenters. The van der Waals surface area contributed by atoms with Gasteiger partial charge in [0.1, 0.15) is 11.6 Å². The lowest BCUT2D eigenvalue weighted by atomic mass is 10.2. The number of hydrogen-bond donors (Lipinski definition) is 2. The molecule has 1 aliphatic carbocycles. The third-order valence-electron chi connectivity index (χ3n) is 4.51. The van der Waals surface area contributed by atoms with Crippen molar-refractivity contribution in [2.24, 2.45) is 5.92 Å². The molecule has 0 spiro atoms. The molecule has 2 N–H and O–H groups in total. The molecule has 1 heterocycles. The van der Waals surface area contributed by atoms with Gasteiger partial charge in [-0.1, -0.05) is 18.7 Å². The van der Waals surface area contributed by atoms with E-state index >= 15 is 0 Å². The average molecular weight is 415 g/mol. The topological polar surface area (TPSA) is 80.3 Å². The van der Waals surface area contributed by atoms with E-state index in [1.165, 1.54) is 25.1 Å². The van der Waals surface area contributed by atoms with Crippen LogP contribution in [0, 0.1) is 12.8 Å². The molecule has 0 aliphatic heterocycles. The molecule has 2 aromatic rings. The molecule has 30 heavy (non-hydrogen) atoms. The van der Waals surface area contributed by atoms with Gasteiger partial charge in [-0.25, -0.2) is 4.98 Å². The lowest BCUT2D eigenvalue weighted by Crippen LogP contribution is -2.26. The normalized spacial score (nSPS) is 13.5. The van der Waals surface area contributed by atoms with E-state index in [0.29, 0.717) is 22.6 Å². The summed E-state index contributed by atoms with van der Waals surface area (Å²) in [6.07, 6.45) is -1.74. The average Bonchev–Trinajstić information content (AvgIpc) is 3.51. The number of aryl methyl sites for hydroxylation is 1. The van der Waals surface area contributed by atoms with E-state index in [2.05, 4.69) is 22.2 Å². The second-order valence-corrected chi connectivity index (χ2v) is 7.38. The summed E-state index contributed by atoms with van der Waals surface area (Å²) in [4.78, 5) is 28.7. The number of nitrogens with zero attached hydrogens (tertiary/aromatic N) is 1. The number of pyridine rings is 1. The highest BCUT2D eigenvalue weighted by Gasteiger charge is 2.33. The summed E-state index contributed by atoms with van der Waals surface area (Å²) in [6.45, 7) is 6.24. The third kappa shape index (κ3) is 5.62. The zero-order valence-corrected chi connectivity index (χ0v) is 16.8. The van der Waals surface area contributed by atoms with Gasteiger partial charge in [0, 0.05) is 29.3 Å². The van der Waals surface area contributed by atoms with E-state index in [0.717, 1.165) is 12.8 Å². The summed E-state index contributed by atoms with van der Waals surface area (Å²) in [6, 6.07) is 9.20. The van der Waals surface area contributed by atoms with E-state index in [-0.39, 0.29) is 30.0 Å². The van der Waals surface area contributed by atoms with Crippen molar-refractivity contribution in [3.05, 3.63) is 65.4 Å². The van der Waals surface area contributed by atoms with Gasteiger partial charge in [-0.15, -0.1) is 0 Å². The molecule has 3 rings (SSSR count). The molecule has 8 heteroatoms. The van der Waals surface area contributed by atoms with Crippen molar-refractivity contribution in [3.63, 3.8) is 0 Å². The molecule has 0 saturated heterocycles. The number of rotatable bonds is 8. The number of alkyl halides is 2. The first kappa shape index (κ1) is 21.4. The fourth-order valence-electron chi connectivity index (χ4n) is 2.68. The second kappa shape index (κ2) is 8.61. The molecule has 0 atom stereocenters. The van der Waals surface area contributed by atoms with Crippen LogP contribution < -0.4 is 15.4 Å². The number of amides is 2. The number of nitrogens with one attached hydrogen (secondary N) is 2. The Balaban J connectivity index is 1.64. The van der Waals surface area contributed by atoms with Crippen LogP contribution in [0.4, 0.5) is 14.6 Å². The minimum Gasteiger partial charge on any atom is -0.429 e. The van der Waals surface area contributed by atoms with Gasteiger partial charge in [-0.3, -0.25) is 9.59 Å². The summed E-state index contributed by atoms with van der Waals surface area (Å²) in [5, 5.41) is 5.46. The highest BCUT2D eigenvalue weighted by atomic mass is 19.3. The first-order valence-corrected chi connectivity index (χ1v) is 9.53. The van der Waals surface area contributed by atoms with Crippen LogP contribution in [-0.2, 0) is 11.3 Å². The van der Waals surface area contributed by atoms with Crippen molar-refractivity contribution in [1.29, 1.82) is 0 Å². The predicted molar refractivity (Wildman–Crippen MR) is 108 cm³/mol. The quantitative estimate of drug-likeness (QED) is 0.633. The van der Waals surface area contributed by atoms with Gasteiger partial charge in [-0.05, 0) is 56.5 Å². The Morgan fingerprint density at radius 1 is 1.27 bits per heavy atom. The van der Waals surface area contributed by atoms with Crippen LogP contribution in [0.3, 0.4) is 0 Å². The van der Waals surface area contributed by atoms with Crippen LogP contribution >= 0.6 is 0 Å². The molecule has 1 aliphatic rings. The van der Waals surface area contributed by atoms with Crippen molar-refractivity contribution in [2.45, 2.75) is 39.3 Å². The zero-order chi connectivity index (χ0) is 21.9. The van der Waals surface area contributed by atoms with Crippen LogP contribution in [0.1, 0.15) is 41.4 Å². The summed E-state index contributed by atoms with van der Waals surface area (Å²) in [7, 11) is 0. The number of benzene rings is 1. The highest BCUT2D eigenvalue weighted by Crippen LogP contribution is 2.30. The molecule has 1 aromatic heterocycles. The molecule has 0 bridgehead atoms. The summed E-state index contributed by atoms with van der Waals surface area (Å²) in [5.74, 6) is -0.144. The SMILES string of the molecule is C=C(C)C(F)(F)Oc1cccc(CNC(=O)c2cc(C)nc(NC(=O)C3CC3)c2)c1. The summed E-state index contributed by atoms with van der Waals surface area (Å²) < 4.78 is 32.1. The van der Waals surface area contributed by atoms with Crippen molar-refractivity contribution in [1.82, 2.24) is 10.3 Å². The molecular formula is C22H23F2N3O3. The lowest BCUT2D eigenvalue weighted by Gasteiger charge is -2.18. The van der Waals surface area contributed by atoms with Crippen LogP contribution in [0.15, 0.2) is 48.6 Å². The molecular weight excluding hydrogens is 392 g/mol. The Kier molecular flexibility index (Phi) is 6.14. The van der Waals surface area contributed by atoms with Gasteiger partial charge in [0.2, 0.25) is 5.91 Å². The minimum absolute atomic E-state index is 0.0244. The van der Waals surface area contributed by atoms with Gasteiger partial charge in [0.25, 0.3) is 5.91 Å². The Morgan fingerprint density at radius 2 is 2.00 bits per heavy atom. The zero-order valence-electron chi connectivity index (χ0n) is 16.8. The van der Waals surface area contributed by atoms with Crippen LogP contribution in [0.2, 0.25) is 0 Å². The molecule has 158 valence electrons. The van der Waals surface area contributed by atoms with E-state index < -0.39 is 11.7 Å². The standard InChI is InChI=1S/C22H23F2N3O3/c1-13(2)22(23,24)30-18-6-4-5-15(10-18)12-25-20(28)17-9-14(3)26-19(11-17)27-21(29)16-7-8-16/h4-6,9-11,16H,1,7-8,12H2,2-3H3,(H,25,28)(H,26,27,29). The first-order chi connectivity index (χ1) is 14.1. The molecule has 2 amide bonds. The largest absolute Gasteiger partial charge is 0.429 e. The van der Waals surface area contributed by atoms with Crippen LogP contribution in [0.25, 0.3) is 0 Å². The fraction of sp³-hybridized carbons (Fsp3) is 0.318. The van der Waals surface area contributed by atoms with Crippen molar-refractivity contribution < 1.29 is 23.1 Å². The summed E-state index contributed by atoms with van der Waals surface area (Å²) >= 11 is 0. The maximum Gasteiger partial charge on any atom is 0.422 e. The smallest absolute Gasteiger partial charge is 0.422 e. The number of carbonyl (C=O) groups excluding carboxylic acids is 2. The monoisotopic (exact) mass is 415 g/mol. The molecule has 0 radical (unpaired) electrons. The Hall–Kier alpha value is -3.29. The number of halogens is 2. The highest BCUT2D eigenvalue weighted by molar-refractivity contribution is 5.97. The van der Waals surface area contributed by atoms with Crippen molar-refractivity contribution in [2.75, 3.05) is 5.32 Å². The van der Waals surface area contributed by atoms with Gasteiger partial charge < -0.3 is 15.4 Å². The van der Waals surface area contributed by atoms with Gasteiger partial charge in [0.15, 0.2) is 0 Å². The fourth-order valence-corrected chi connectivity index (χ4v) is 2.68. The first-order valence-electron chi connectivity index (χ1n) is 9.53. The van der Waals surface area contributed by atoms with Gasteiger partial charge in [-0.2, -0.15) is 8.78 Å². The van der Waals surface area contributed by atoms with Crippen LogP contribution in [-0.4, -0.2) is 22.9 Å². The second-order valence-electron chi connectivity index (χ2n) is 7.38. The van der Waals surface area contributed by atoms with E-state index in [1.807, 2.05) is 0 Å². The Bertz CT molecular complexity index is 987. The number of aromatic nitrogens is 1. The third-order valence-corrected chi connectivity index (χ3v) is 4.51. The van der Waals surface area contributed by atoms with Crippen molar-refractivity contribution >= 4 is 17.6 Å². The van der Waals surface area contributed by atoms with Crippen LogP contribution in [0.5, 0.6) is 5.75 Å². The lowest BCUT2D eigenvalue weighted by molar-refractivity contribution is -0.141. The van der Waals surface area contributed by atoms with Gasteiger partial charge >= 0.3 is 6.11 Å². The van der Waals surface area contributed by atoms with Gasteiger partial charge in [0.05, 0.1) is 0 Å². The molecule has 1 fully saturated rings. The molecule has 1 aromatic carbocycles. The molecule has 6 nitrogen and oxygen atoms in total. The van der Waals surface area contributed by atoms with E-state index in [1.54, 1.807) is 25.1 Å². The van der Waals surface area contributed by atoms with E-state index in [9.17, 15) is 18.4 Å². The number of carbonyl (C=O) groups is 2. The minimum atomic E-state index is -3.47. The maximum atomic E-state index is 13.7.